The highest BCUT2D eigenvalue weighted by molar-refractivity contribution is 7.98. The van der Waals surface area contributed by atoms with E-state index in [-0.39, 0.29) is 29.8 Å². The van der Waals surface area contributed by atoms with Crippen molar-refractivity contribution in [3.8, 4) is 0 Å². The molecule has 2 N–H and O–H groups in total. The maximum Gasteiger partial charge on any atom is 0.304 e. The zero-order chi connectivity index (χ0) is 17.6. The van der Waals surface area contributed by atoms with Crippen molar-refractivity contribution in [2.24, 2.45) is 5.92 Å². The summed E-state index contributed by atoms with van der Waals surface area (Å²) in [5.41, 5.74) is 1.69. The molecule has 0 unspecified atom stereocenters. The van der Waals surface area contributed by atoms with Crippen LogP contribution in [0.4, 0.5) is 5.69 Å². The number of sulfone groups is 1. The van der Waals surface area contributed by atoms with Gasteiger partial charge in [-0.2, -0.15) is 11.8 Å². The lowest BCUT2D eigenvalue weighted by Gasteiger charge is -2.21. The number of amides is 1. The lowest BCUT2D eigenvalue weighted by Crippen LogP contribution is -2.31. The van der Waals surface area contributed by atoms with E-state index in [2.05, 4.69) is 5.32 Å². The number of anilines is 1. The van der Waals surface area contributed by atoms with Crippen LogP contribution in [0.15, 0.2) is 24.3 Å². The molecule has 0 bridgehead atoms. The number of carboxylic acids is 1. The Hall–Kier alpha value is -1.54. The van der Waals surface area contributed by atoms with Crippen LogP contribution >= 0.6 is 11.8 Å². The fraction of sp³-hybridized carbons (Fsp3) is 0.500. The summed E-state index contributed by atoms with van der Waals surface area (Å²) >= 11 is 1.53. The average Bonchev–Trinajstić information content (AvgIpc) is 2.51. The Morgan fingerprint density at radius 1 is 1.25 bits per heavy atom. The first kappa shape index (κ1) is 18.8. The molecule has 1 aromatic carbocycles. The number of hydrogen-bond acceptors (Lipinski definition) is 5. The fourth-order valence-corrected chi connectivity index (χ4v) is 4.85. The van der Waals surface area contributed by atoms with Crippen LogP contribution in [0.1, 0.15) is 24.8 Å². The summed E-state index contributed by atoms with van der Waals surface area (Å²) in [4.78, 5) is 22.7. The summed E-state index contributed by atoms with van der Waals surface area (Å²) in [6.45, 7) is 0. The molecule has 0 aromatic heterocycles. The van der Waals surface area contributed by atoms with Gasteiger partial charge in [-0.3, -0.25) is 9.59 Å². The summed E-state index contributed by atoms with van der Waals surface area (Å²) in [6.07, 6.45) is 0.878. The second kappa shape index (κ2) is 8.53. The number of thioether (sulfide) groups is 1. The molecule has 0 atom stereocenters. The van der Waals surface area contributed by atoms with Crippen molar-refractivity contribution in [3.63, 3.8) is 0 Å². The van der Waals surface area contributed by atoms with Gasteiger partial charge in [-0.1, -0.05) is 12.1 Å². The van der Waals surface area contributed by atoms with Crippen LogP contribution in [0.5, 0.6) is 0 Å². The molecule has 1 aliphatic rings. The van der Waals surface area contributed by atoms with Crippen LogP contribution in [0.2, 0.25) is 0 Å². The van der Waals surface area contributed by atoms with E-state index in [0.29, 0.717) is 30.0 Å². The monoisotopic (exact) mass is 371 g/mol. The van der Waals surface area contributed by atoms with Gasteiger partial charge in [-0.15, -0.1) is 0 Å². The molecule has 0 saturated carbocycles. The third-order valence-electron chi connectivity index (χ3n) is 3.85. The van der Waals surface area contributed by atoms with Crippen molar-refractivity contribution in [2.75, 3.05) is 22.6 Å². The van der Waals surface area contributed by atoms with Gasteiger partial charge in [0.05, 0.1) is 17.9 Å². The number of benzene rings is 1. The summed E-state index contributed by atoms with van der Waals surface area (Å²) in [5, 5.41) is 11.5. The number of carboxylic acid groups (broad SMARTS) is 1. The fourth-order valence-electron chi connectivity index (χ4n) is 2.48. The average molecular weight is 371 g/mol. The molecular formula is C16H21NO5S2. The van der Waals surface area contributed by atoms with Crippen LogP contribution < -0.4 is 5.32 Å². The minimum Gasteiger partial charge on any atom is -0.481 e. The van der Waals surface area contributed by atoms with Gasteiger partial charge in [-0.05, 0) is 30.5 Å². The maximum atomic E-state index is 12.2. The molecule has 1 heterocycles. The van der Waals surface area contributed by atoms with Gasteiger partial charge in [0.15, 0.2) is 0 Å². The quantitative estimate of drug-likeness (QED) is 0.713. The Morgan fingerprint density at radius 3 is 2.62 bits per heavy atom. The van der Waals surface area contributed by atoms with E-state index < -0.39 is 15.8 Å². The largest absolute Gasteiger partial charge is 0.481 e. The second-order valence-electron chi connectivity index (χ2n) is 5.81. The Labute approximate surface area is 145 Å². The molecule has 0 radical (unpaired) electrons. The molecule has 1 fully saturated rings. The molecule has 0 aliphatic carbocycles. The standard InChI is InChI=1S/C16H21NO5S2/c18-15(19)4-7-23-11-12-2-1-3-14(10-12)17-16(20)13-5-8-24(21,22)9-6-13/h1-3,10,13H,4-9,11H2,(H,17,20)(H,18,19). The van der Waals surface area contributed by atoms with Crippen LogP contribution in [-0.2, 0) is 25.2 Å². The highest BCUT2D eigenvalue weighted by atomic mass is 32.2. The normalized spacial score (nSPS) is 17.3. The van der Waals surface area contributed by atoms with E-state index in [1.165, 1.54) is 11.8 Å². The number of carbonyl (C=O) groups excluding carboxylic acids is 1. The van der Waals surface area contributed by atoms with E-state index in [9.17, 15) is 18.0 Å². The van der Waals surface area contributed by atoms with Crippen molar-refractivity contribution >= 4 is 39.2 Å². The first-order valence-electron chi connectivity index (χ1n) is 7.75. The number of aliphatic carboxylic acids is 1. The molecule has 8 heteroatoms. The highest BCUT2D eigenvalue weighted by Gasteiger charge is 2.28. The van der Waals surface area contributed by atoms with Crippen LogP contribution in [0, 0.1) is 5.92 Å². The van der Waals surface area contributed by atoms with Gasteiger partial charge in [0.2, 0.25) is 5.91 Å². The molecule has 1 aromatic rings. The smallest absolute Gasteiger partial charge is 0.304 e. The van der Waals surface area contributed by atoms with Crippen LogP contribution in [0.3, 0.4) is 0 Å². The van der Waals surface area contributed by atoms with E-state index in [1.807, 2.05) is 18.2 Å². The van der Waals surface area contributed by atoms with Crippen molar-refractivity contribution in [2.45, 2.75) is 25.0 Å². The molecule has 1 aliphatic heterocycles. The van der Waals surface area contributed by atoms with Crippen LogP contribution in [-0.4, -0.2) is 42.7 Å². The third kappa shape index (κ3) is 6.16. The molecule has 6 nitrogen and oxygen atoms in total. The first-order valence-corrected chi connectivity index (χ1v) is 10.7. The number of nitrogens with one attached hydrogen (secondary N) is 1. The van der Waals surface area contributed by atoms with Gasteiger partial charge in [0, 0.05) is 23.1 Å². The molecule has 1 saturated heterocycles. The Bertz CT molecular complexity index is 688. The Morgan fingerprint density at radius 2 is 1.96 bits per heavy atom. The van der Waals surface area contributed by atoms with Gasteiger partial charge < -0.3 is 10.4 Å². The number of hydrogen-bond donors (Lipinski definition) is 2. The summed E-state index contributed by atoms with van der Waals surface area (Å²) in [5.74, 6) is 0.165. The summed E-state index contributed by atoms with van der Waals surface area (Å²) in [6, 6.07) is 7.43. The van der Waals surface area contributed by atoms with Gasteiger partial charge in [0.25, 0.3) is 0 Å². The van der Waals surface area contributed by atoms with Crippen molar-refractivity contribution in [3.05, 3.63) is 29.8 Å². The zero-order valence-corrected chi connectivity index (χ0v) is 14.9. The van der Waals surface area contributed by atoms with Gasteiger partial charge in [0.1, 0.15) is 9.84 Å². The Balaban J connectivity index is 1.85. The second-order valence-corrected chi connectivity index (χ2v) is 9.22. The van der Waals surface area contributed by atoms with E-state index in [4.69, 9.17) is 5.11 Å². The summed E-state index contributed by atoms with van der Waals surface area (Å²) in [7, 11) is -2.97. The maximum absolute atomic E-state index is 12.2. The van der Waals surface area contributed by atoms with Gasteiger partial charge in [-0.25, -0.2) is 8.42 Å². The van der Waals surface area contributed by atoms with Crippen LogP contribution in [0.25, 0.3) is 0 Å². The highest BCUT2D eigenvalue weighted by Crippen LogP contribution is 2.22. The zero-order valence-electron chi connectivity index (χ0n) is 13.2. The lowest BCUT2D eigenvalue weighted by molar-refractivity contribution is -0.136. The third-order valence-corrected chi connectivity index (χ3v) is 6.59. The van der Waals surface area contributed by atoms with Crippen molar-refractivity contribution in [1.82, 2.24) is 0 Å². The molecule has 24 heavy (non-hydrogen) atoms. The van der Waals surface area contributed by atoms with Crippen molar-refractivity contribution in [1.29, 1.82) is 0 Å². The van der Waals surface area contributed by atoms with Crippen molar-refractivity contribution < 1.29 is 23.1 Å². The SMILES string of the molecule is O=C(O)CCSCc1cccc(NC(=O)C2CCS(=O)(=O)CC2)c1. The number of carbonyl (C=O) groups is 2. The van der Waals surface area contributed by atoms with E-state index >= 15 is 0 Å². The predicted molar refractivity (Wildman–Crippen MR) is 94.9 cm³/mol. The molecule has 132 valence electrons. The molecular weight excluding hydrogens is 350 g/mol. The lowest BCUT2D eigenvalue weighted by atomic mass is 10.0. The number of rotatable bonds is 7. The topological polar surface area (TPSA) is 101 Å². The predicted octanol–water partition coefficient (Wildman–Crippen LogP) is 2.16. The first-order chi connectivity index (χ1) is 11.4. The summed E-state index contributed by atoms with van der Waals surface area (Å²) < 4.78 is 22.8. The van der Waals surface area contributed by atoms with E-state index in [1.54, 1.807) is 6.07 Å². The minimum absolute atomic E-state index is 0.0747. The van der Waals surface area contributed by atoms with E-state index in [0.717, 1.165) is 5.56 Å². The molecule has 0 spiro atoms. The molecule has 2 rings (SSSR count). The molecule has 1 amide bonds. The van der Waals surface area contributed by atoms with Gasteiger partial charge >= 0.3 is 5.97 Å². The Kier molecular flexibility index (Phi) is 6.68. The minimum atomic E-state index is -2.97.